The minimum Gasteiger partial charge on any atom is -0.399 e. The van der Waals surface area contributed by atoms with E-state index in [1.165, 1.54) is 0 Å². The Morgan fingerprint density at radius 3 is 2.84 bits per heavy atom. The summed E-state index contributed by atoms with van der Waals surface area (Å²) in [6.45, 7) is 2.43. The van der Waals surface area contributed by atoms with Crippen molar-refractivity contribution in [2.75, 3.05) is 19.3 Å². The number of likely N-dealkylation sites (N-methyl/N-ethyl adjacent to an activating group) is 1. The molecule has 1 atom stereocenters. The lowest BCUT2D eigenvalue weighted by Crippen LogP contribution is -2.48. The standard InChI is InChI=1S/C14H19N3O2/c1-9-7-10(15)3-5-12(9)14(19)16-11-4-6-13(18)17(2)8-11/h3,5,7,11H,4,6,8,15H2,1-2H3,(H,16,19). The van der Waals surface area contributed by atoms with Crippen molar-refractivity contribution in [3.05, 3.63) is 29.3 Å². The van der Waals surface area contributed by atoms with Crippen LogP contribution < -0.4 is 11.1 Å². The van der Waals surface area contributed by atoms with Gasteiger partial charge < -0.3 is 16.0 Å². The second-order valence-corrected chi connectivity index (χ2v) is 5.06. The van der Waals surface area contributed by atoms with Crippen molar-refractivity contribution in [3.63, 3.8) is 0 Å². The van der Waals surface area contributed by atoms with Crippen LogP contribution in [0.3, 0.4) is 0 Å². The Hall–Kier alpha value is -2.04. The maximum absolute atomic E-state index is 12.2. The average molecular weight is 261 g/mol. The second kappa shape index (κ2) is 5.30. The SMILES string of the molecule is Cc1cc(N)ccc1C(=O)NC1CCC(=O)N(C)C1. The normalized spacial score (nSPS) is 19.4. The Labute approximate surface area is 112 Å². The van der Waals surface area contributed by atoms with E-state index in [-0.39, 0.29) is 17.9 Å². The molecule has 2 rings (SSSR count). The van der Waals surface area contributed by atoms with E-state index in [9.17, 15) is 9.59 Å². The van der Waals surface area contributed by atoms with Crippen molar-refractivity contribution in [2.45, 2.75) is 25.8 Å². The van der Waals surface area contributed by atoms with Gasteiger partial charge in [0.25, 0.3) is 5.91 Å². The topological polar surface area (TPSA) is 75.4 Å². The number of amides is 2. The summed E-state index contributed by atoms with van der Waals surface area (Å²) >= 11 is 0. The molecule has 1 aromatic rings. The number of carbonyl (C=O) groups excluding carboxylic acids is 2. The predicted octanol–water partition coefficient (Wildman–Crippen LogP) is 0.928. The van der Waals surface area contributed by atoms with E-state index in [4.69, 9.17) is 5.73 Å². The molecule has 0 aromatic heterocycles. The van der Waals surface area contributed by atoms with Crippen molar-refractivity contribution >= 4 is 17.5 Å². The summed E-state index contributed by atoms with van der Waals surface area (Å²) in [6, 6.07) is 5.26. The Balaban J connectivity index is 2.03. The second-order valence-electron chi connectivity index (χ2n) is 5.06. The molecule has 1 fully saturated rings. The number of nitrogens with two attached hydrogens (primary N) is 1. The van der Waals surface area contributed by atoms with Crippen LogP contribution in [0, 0.1) is 6.92 Å². The van der Waals surface area contributed by atoms with Gasteiger partial charge in [-0.25, -0.2) is 0 Å². The van der Waals surface area contributed by atoms with Crippen LogP contribution in [0.4, 0.5) is 5.69 Å². The number of aryl methyl sites for hydroxylation is 1. The monoisotopic (exact) mass is 261 g/mol. The van der Waals surface area contributed by atoms with Gasteiger partial charge in [0.1, 0.15) is 0 Å². The maximum atomic E-state index is 12.2. The molecule has 2 amide bonds. The van der Waals surface area contributed by atoms with Crippen LogP contribution in [0.1, 0.15) is 28.8 Å². The van der Waals surface area contributed by atoms with E-state index in [2.05, 4.69) is 5.32 Å². The molecule has 1 aliphatic heterocycles. The number of piperidine rings is 1. The van der Waals surface area contributed by atoms with Gasteiger partial charge in [0, 0.05) is 37.3 Å². The highest BCUT2D eigenvalue weighted by Gasteiger charge is 2.24. The summed E-state index contributed by atoms with van der Waals surface area (Å²) in [4.78, 5) is 25.2. The number of anilines is 1. The Kier molecular flexibility index (Phi) is 3.74. The number of carbonyl (C=O) groups is 2. The molecule has 1 aromatic carbocycles. The summed E-state index contributed by atoms with van der Waals surface area (Å²) in [5, 5.41) is 2.97. The largest absolute Gasteiger partial charge is 0.399 e. The third-order valence-corrected chi connectivity index (χ3v) is 3.46. The highest BCUT2D eigenvalue weighted by atomic mass is 16.2. The van der Waals surface area contributed by atoms with Crippen molar-refractivity contribution in [1.29, 1.82) is 0 Å². The molecule has 1 unspecified atom stereocenters. The van der Waals surface area contributed by atoms with E-state index in [0.717, 1.165) is 5.56 Å². The zero-order valence-electron chi connectivity index (χ0n) is 11.3. The zero-order chi connectivity index (χ0) is 14.0. The molecule has 1 heterocycles. The first-order valence-corrected chi connectivity index (χ1v) is 6.38. The van der Waals surface area contributed by atoms with Crippen LogP contribution >= 0.6 is 0 Å². The highest BCUT2D eigenvalue weighted by Crippen LogP contribution is 2.14. The number of benzene rings is 1. The molecule has 0 saturated carbocycles. The first-order valence-electron chi connectivity index (χ1n) is 6.38. The third kappa shape index (κ3) is 3.05. The summed E-state index contributed by atoms with van der Waals surface area (Å²) in [6.07, 6.45) is 1.19. The molecule has 1 aliphatic rings. The number of rotatable bonds is 2. The lowest BCUT2D eigenvalue weighted by molar-refractivity contribution is -0.132. The molecule has 3 N–H and O–H groups in total. The molecule has 19 heavy (non-hydrogen) atoms. The van der Waals surface area contributed by atoms with Gasteiger partial charge in [-0.2, -0.15) is 0 Å². The lowest BCUT2D eigenvalue weighted by Gasteiger charge is -2.30. The first-order chi connectivity index (χ1) is 8.97. The van der Waals surface area contributed by atoms with Gasteiger partial charge in [-0.3, -0.25) is 9.59 Å². The fraction of sp³-hybridized carbons (Fsp3) is 0.429. The Morgan fingerprint density at radius 2 is 2.21 bits per heavy atom. The summed E-state index contributed by atoms with van der Waals surface area (Å²) < 4.78 is 0. The zero-order valence-corrected chi connectivity index (χ0v) is 11.3. The molecule has 0 aliphatic carbocycles. The van der Waals surface area contributed by atoms with E-state index in [0.29, 0.717) is 30.6 Å². The number of nitrogen functional groups attached to an aromatic ring is 1. The molecule has 5 heteroatoms. The molecule has 5 nitrogen and oxygen atoms in total. The smallest absolute Gasteiger partial charge is 0.251 e. The van der Waals surface area contributed by atoms with E-state index in [1.54, 1.807) is 30.1 Å². The van der Waals surface area contributed by atoms with Gasteiger partial charge in [-0.1, -0.05) is 0 Å². The molecule has 0 bridgehead atoms. The molecule has 1 saturated heterocycles. The Morgan fingerprint density at radius 1 is 1.47 bits per heavy atom. The number of likely N-dealkylation sites (tertiary alicyclic amines) is 1. The minimum atomic E-state index is -0.106. The van der Waals surface area contributed by atoms with Crippen LogP contribution in [0.5, 0.6) is 0 Å². The van der Waals surface area contributed by atoms with Crippen LogP contribution in [0.15, 0.2) is 18.2 Å². The van der Waals surface area contributed by atoms with Gasteiger partial charge in [0.05, 0.1) is 0 Å². The van der Waals surface area contributed by atoms with Crippen molar-refractivity contribution in [3.8, 4) is 0 Å². The van der Waals surface area contributed by atoms with Crippen molar-refractivity contribution in [1.82, 2.24) is 10.2 Å². The number of nitrogens with one attached hydrogen (secondary N) is 1. The van der Waals surface area contributed by atoms with E-state index < -0.39 is 0 Å². The fourth-order valence-corrected chi connectivity index (χ4v) is 2.33. The highest BCUT2D eigenvalue weighted by molar-refractivity contribution is 5.96. The van der Waals surface area contributed by atoms with Gasteiger partial charge in [0.2, 0.25) is 5.91 Å². The van der Waals surface area contributed by atoms with Gasteiger partial charge >= 0.3 is 0 Å². The summed E-state index contributed by atoms with van der Waals surface area (Å²) in [5.41, 5.74) is 7.81. The molecule has 0 radical (unpaired) electrons. The number of hydrogen-bond donors (Lipinski definition) is 2. The van der Waals surface area contributed by atoms with Gasteiger partial charge in [-0.15, -0.1) is 0 Å². The van der Waals surface area contributed by atoms with E-state index >= 15 is 0 Å². The van der Waals surface area contributed by atoms with Gasteiger partial charge in [-0.05, 0) is 37.1 Å². The Bertz CT molecular complexity index is 513. The molecule has 0 spiro atoms. The van der Waals surface area contributed by atoms with Crippen LogP contribution in [0.25, 0.3) is 0 Å². The fourth-order valence-electron chi connectivity index (χ4n) is 2.33. The molecular formula is C14H19N3O2. The number of nitrogens with zero attached hydrogens (tertiary/aromatic N) is 1. The minimum absolute atomic E-state index is 0.0205. The van der Waals surface area contributed by atoms with Gasteiger partial charge in [0.15, 0.2) is 0 Å². The van der Waals surface area contributed by atoms with Crippen LogP contribution in [-0.2, 0) is 4.79 Å². The lowest BCUT2D eigenvalue weighted by atomic mass is 10.0. The summed E-state index contributed by atoms with van der Waals surface area (Å²) in [5.74, 6) is 0.0272. The quantitative estimate of drug-likeness (QED) is 0.778. The molecular weight excluding hydrogens is 242 g/mol. The van der Waals surface area contributed by atoms with Crippen LogP contribution in [-0.4, -0.2) is 36.3 Å². The first kappa shape index (κ1) is 13.4. The van der Waals surface area contributed by atoms with Crippen molar-refractivity contribution < 1.29 is 9.59 Å². The third-order valence-electron chi connectivity index (χ3n) is 3.46. The van der Waals surface area contributed by atoms with Crippen molar-refractivity contribution in [2.24, 2.45) is 0 Å². The number of hydrogen-bond acceptors (Lipinski definition) is 3. The summed E-state index contributed by atoms with van der Waals surface area (Å²) in [7, 11) is 1.76. The maximum Gasteiger partial charge on any atom is 0.251 e. The average Bonchev–Trinajstić information content (AvgIpc) is 2.33. The van der Waals surface area contributed by atoms with E-state index in [1.807, 2.05) is 6.92 Å². The molecule has 102 valence electrons. The van der Waals surface area contributed by atoms with Crippen LogP contribution in [0.2, 0.25) is 0 Å². The predicted molar refractivity (Wildman–Crippen MR) is 73.7 cm³/mol.